The second kappa shape index (κ2) is 3.18. The second-order valence-electron chi connectivity index (χ2n) is 2.91. The lowest BCUT2D eigenvalue weighted by atomic mass is 10.1. The Kier molecular flexibility index (Phi) is 2.13. The van der Waals surface area contributed by atoms with Crippen molar-refractivity contribution in [2.45, 2.75) is 0 Å². The minimum absolute atomic E-state index is 0.0794. The van der Waals surface area contributed by atoms with Gasteiger partial charge in [-0.3, -0.25) is 14.5 Å². The van der Waals surface area contributed by atoms with Crippen molar-refractivity contribution in [3.05, 3.63) is 33.8 Å². The van der Waals surface area contributed by atoms with Gasteiger partial charge < -0.3 is 5.73 Å². The quantitative estimate of drug-likeness (QED) is 0.760. The number of carbonyl (C=O) groups is 2. The Morgan fingerprint density at radius 1 is 1.21 bits per heavy atom. The van der Waals surface area contributed by atoms with Crippen molar-refractivity contribution in [1.29, 1.82) is 0 Å². The Morgan fingerprint density at radius 2 is 1.86 bits per heavy atom. The van der Waals surface area contributed by atoms with Crippen LogP contribution in [-0.4, -0.2) is 23.4 Å². The van der Waals surface area contributed by atoms with E-state index < -0.39 is 0 Å². The second-order valence-corrected chi connectivity index (χ2v) is 3.83. The lowest BCUT2D eigenvalue weighted by molar-refractivity contribution is 0.0658. The number of carbonyl (C=O) groups excluding carboxylic acids is 2. The van der Waals surface area contributed by atoms with Crippen LogP contribution in [-0.2, 0) is 0 Å². The summed E-state index contributed by atoms with van der Waals surface area (Å²) in [6.45, 7) is -0.0794. The molecule has 1 aliphatic heterocycles. The van der Waals surface area contributed by atoms with Crippen molar-refractivity contribution in [2.24, 2.45) is 5.73 Å². The Balaban J connectivity index is 2.58. The van der Waals surface area contributed by atoms with Crippen LogP contribution in [0.2, 0.25) is 0 Å². The number of amides is 2. The first kappa shape index (κ1) is 9.36. The Labute approximate surface area is 88.8 Å². The first-order valence-corrected chi connectivity index (χ1v) is 4.80. The van der Waals surface area contributed by atoms with Crippen LogP contribution >= 0.6 is 15.9 Å². The van der Waals surface area contributed by atoms with Crippen molar-refractivity contribution in [1.82, 2.24) is 4.90 Å². The number of halogens is 1. The van der Waals surface area contributed by atoms with Crippen molar-refractivity contribution in [2.75, 3.05) is 6.67 Å². The molecular formula is C9H7BrN2O2. The highest BCUT2D eigenvalue weighted by atomic mass is 79.9. The summed E-state index contributed by atoms with van der Waals surface area (Å²) in [7, 11) is 0. The minimum atomic E-state index is -0.325. The highest BCUT2D eigenvalue weighted by Crippen LogP contribution is 2.25. The highest BCUT2D eigenvalue weighted by molar-refractivity contribution is 9.10. The predicted molar refractivity (Wildman–Crippen MR) is 53.7 cm³/mol. The van der Waals surface area contributed by atoms with E-state index in [1.807, 2.05) is 0 Å². The van der Waals surface area contributed by atoms with E-state index >= 15 is 0 Å². The molecule has 0 bridgehead atoms. The molecule has 0 spiro atoms. The standard InChI is InChI=1S/C9H7BrN2O2/c10-5-1-2-6-7(3-5)9(14)12(4-11)8(6)13/h1-3H,4,11H2. The summed E-state index contributed by atoms with van der Waals surface area (Å²) in [5, 5.41) is 0. The van der Waals surface area contributed by atoms with Crippen LogP contribution in [0, 0.1) is 0 Å². The molecule has 4 nitrogen and oxygen atoms in total. The highest BCUT2D eigenvalue weighted by Gasteiger charge is 2.34. The molecule has 0 aromatic heterocycles. The fourth-order valence-electron chi connectivity index (χ4n) is 1.43. The predicted octanol–water partition coefficient (Wildman–Crippen LogP) is 0.961. The summed E-state index contributed by atoms with van der Waals surface area (Å²) >= 11 is 3.24. The third kappa shape index (κ3) is 1.17. The van der Waals surface area contributed by atoms with Crippen LogP contribution in [0.25, 0.3) is 0 Å². The number of benzene rings is 1. The molecule has 14 heavy (non-hydrogen) atoms. The van der Waals surface area contributed by atoms with Crippen LogP contribution in [0.4, 0.5) is 0 Å². The lowest BCUT2D eigenvalue weighted by Crippen LogP contribution is -2.34. The lowest BCUT2D eigenvalue weighted by Gasteiger charge is -2.08. The topological polar surface area (TPSA) is 63.4 Å². The van der Waals surface area contributed by atoms with E-state index in [2.05, 4.69) is 15.9 Å². The summed E-state index contributed by atoms with van der Waals surface area (Å²) in [5.41, 5.74) is 6.14. The zero-order chi connectivity index (χ0) is 10.3. The third-order valence-corrected chi connectivity index (χ3v) is 2.61. The molecule has 0 atom stereocenters. The molecule has 1 heterocycles. The van der Waals surface area contributed by atoms with Gasteiger partial charge in [-0.2, -0.15) is 0 Å². The number of fused-ring (bicyclic) bond motifs is 1. The molecule has 0 saturated heterocycles. The SMILES string of the molecule is NCN1C(=O)c2ccc(Br)cc2C1=O. The number of nitrogens with two attached hydrogens (primary N) is 1. The zero-order valence-corrected chi connectivity index (χ0v) is 8.74. The van der Waals surface area contributed by atoms with Gasteiger partial charge in [-0.05, 0) is 18.2 Å². The van der Waals surface area contributed by atoms with Gasteiger partial charge in [0.1, 0.15) is 0 Å². The molecule has 2 amide bonds. The van der Waals surface area contributed by atoms with Crippen molar-refractivity contribution in [3.8, 4) is 0 Å². The maximum absolute atomic E-state index is 11.6. The molecule has 0 fully saturated rings. The molecule has 2 rings (SSSR count). The van der Waals surface area contributed by atoms with Gasteiger partial charge in [0.15, 0.2) is 0 Å². The minimum Gasteiger partial charge on any atom is -0.313 e. The van der Waals surface area contributed by atoms with Gasteiger partial charge in [-0.1, -0.05) is 15.9 Å². The molecular weight excluding hydrogens is 248 g/mol. The molecule has 0 aliphatic carbocycles. The van der Waals surface area contributed by atoms with E-state index in [0.29, 0.717) is 11.1 Å². The van der Waals surface area contributed by atoms with Gasteiger partial charge in [-0.25, -0.2) is 0 Å². The summed E-state index contributed by atoms with van der Waals surface area (Å²) in [6.07, 6.45) is 0. The Morgan fingerprint density at radius 3 is 2.50 bits per heavy atom. The average Bonchev–Trinajstić information content (AvgIpc) is 2.39. The Hall–Kier alpha value is -1.20. The van der Waals surface area contributed by atoms with Gasteiger partial charge in [0.2, 0.25) is 0 Å². The molecule has 0 unspecified atom stereocenters. The average molecular weight is 255 g/mol. The van der Waals surface area contributed by atoms with Crippen LogP contribution in [0.15, 0.2) is 22.7 Å². The summed E-state index contributed by atoms with van der Waals surface area (Å²) in [6, 6.07) is 4.98. The van der Waals surface area contributed by atoms with Crippen LogP contribution in [0.3, 0.4) is 0 Å². The van der Waals surface area contributed by atoms with E-state index in [9.17, 15) is 9.59 Å². The maximum atomic E-state index is 11.6. The van der Waals surface area contributed by atoms with E-state index in [4.69, 9.17) is 5.73 Å². The Bertz CT molecular complexity index is 431. The molecule has 1 aliphatic rings. The number of nitrogens with zero attached hydrogens (tertiary/aromatic N) is 1. The van der Waals surface area contributed by atoms with Crippen LogP contribution in [0.1, 0.15) is 20.7 Å². The van der Waals surface area contributed by atoms with Gasteiger partial charge in [0.05, 0.1) is 17.8 Å². The van der Waals surface area contributed by atoms with Crippen LogP contribution < -0.4 is 5.73 Å². The molecule has 1 aromatic rings. The normalized spacial score (nSPS) is 14.9. The van der Waals surface area contributed by atoms with Gasteiger partial charge in [-0.15, -0.1) is 0 Å². The third-order valence-electron chi connectivity index (χ3n) is 2.12. The first-order valence-electron chi connectivity index (χ1n) is 4.01. The smallest absolute Gasteiger partial charge is 0.262 e. The van der Waals surface area contributed by atoms with Crippen molar-refractivity contribution < 1.29 is 9.59 Å². The summed E-state index contributed by atoms with van der Waals surface area (Å²) in [4.78, 5) is 24.2. The van der Waals surface area contributed by atoms with E-state index in [1.54, 1.807) is 18.2 Å². The van der Waals surface area contributed by atoms with Crippen molar-refractivity contribution in [3.63, 3.8) is 0 Å². The van der Waals surface area contributed by atoms with Gasteiger partial charge in [0.25, 0.3) is 11.8 Å². The fraction of sp³-hybridized carbons (Fsp3) is 0.111. The molecule has 0 saturated carbocycles. The van der Waals surface area contributed by atoms with Crippen molar-refractivity contribution >= 4 is 27.7 Å². The van der Waals surface area contributed by atoms with E-state index in [-0.39, 0.29) is 18.5 Å². The molecule has 1 aromatic carbocycles. The number of hydrogen-bond acceptors (Lipinski definition) is 3. The number of imide groups is 1. The first-order chi connectivity index (χ1) is 6.65. The summed E-state index contributed by atoms with van der Waals surface area (Å²) < 4.78 is 0.774. The molecule has 5 heteroatoms. The monoisotopic (exact) mass is 254 g/mol. The number of rotatable bonds is 1. The number of hydrogen-bond donors (Lipinski definition) is 1. The largest absolute Gasteiger partial charge is 0.313 e. The van der Waals surface area contributed by atoms with E-state index in [0.717, 1.165) is 9.37 Å². The summed E-state index contributed by atoms with van der Waals surface area (Å²) in [5.74, 6) is -0.645. The zero-order valence-electron chi connectivity index (χ0n) is 7.16. The van der Waals surface area contributed by atoms with Gasteiger partial charge >= 0.3 is 0 Å². The fourth-order valence-corrected chi connectivity index (χ4v) is 1.79. The molecule has 2 N–H and O–H groups in total. The van der Waals surface area contributed by atoms with Gasteiger partial charge in [0, 0.05) is 4.47 Å². The molecule has 0 radical (unpaired) electrons. The van der Waals surface area contributed by atoms with Crippen LogP contribution in [0.5, 0.6) is 0 Å². The molecule has 72 valence electrons. The maximum Gasteiger partial charge on any atom is 0.262 e. The van der Waals surface area contributed by atoms with E-state index in [1.165, 1.54) is 0 Å².